The molecule has 8 heteroatoms. The predicted octanol–water partition coefficient (Wildman–Crippen LogP) is 4.28. The number of benzene rings is 1. The highest BCUT2D eigenvalue weighted by Gasteiger charge is 2.19. The predicted molar refractivity (Wildman–Crippen MR) is 114 cm³/mol. The van der Waals surface area contributed by atoms with Crippen LogP contribution in [-0.4, -0.2) is 27.6 Å². The summed E-state index contributed by atoms with van der Waals surface area (Å²) in [5, 5.41) is 2.71. The topological polar surface area (TPSA) is 83.0 Å². The number of primary amides is 1. The van der Waals surface area contributed by atoms with Gasteiger partial charge in [-0.2, -0.15) is 0 Å². The molecule has 2 N–H and O–H groups in total. The van der Waals surface area contributed by atoms with Crippen molar-refractivity contribution in [3.05, 3.63) is 76.7 Å². The van der Waals surface area contributed by atoms with Gasteiger partial charge in [-0.05, 0) is 36.8 Å². The third-order valence-corrected chi connectivity index (χ3v) is 5.71. The number of thiazole rings is 1. The van der Waals surface area contributed by atoms with Gasteiger partial charge in [0.05, 0.1) is 24.1 Å². The summed E-state index contributed by atoms with van der Waals surface area (Å²) in [6.07, 6.45) is 1.70. The first-order valence-electron chi connectivity index (χ1n) is 9.17. The second kappa shape index (κ2) is 8.08. The van der Waals surface area contributed by atoms with Gasteiger partial charge in [0.25, 0.3) is 5.91 Å². The van der Waals surface area contributed by atoms with Gasteiger partial charge in [0.1, 0.15) is 10.8 Å². The molecule has 3 aromatic heterocycles. The zero-order valence-electron chi connectivity index (χ0n) is 16.4. The van der Waals surface area contributed by atoms with Crippen molar-refractivity contribution in [2.45, 2.75) is 13.5 Å². The van der Waals surface area contributed by atoms with Crippen molar-refractivity contribution in [1.82, 2.24) is 14.5 Å². The van der Waals surface area contributed by atoms with Crippen LogP contribution in [0.5, 0.6) is 5.88 Å². The van der Waals surface area contributed by atoms with Gasteiger partial charge in [-0.3, -0.25) is 4.79 Å². The lowest BCUT2D eigenvalue weighted by molar-refractivity contribution is 0.0999. The minimum atomic E-state index is -0.512. The molecule has 30 heavy (non-hydrogen) atoms. The molecule has 0 saturated heterocycles. The maximum absolute atomic E-state index is 13.7. The number of pyridine rings is 1. The average Bonchev–Trinajstić information content (AvgIpc) is 3.34. The standard InChI is InChI=1S/C22H19FN4O2S/c1-13-17(21(24)28)9-19(27(13)11-14-4-3-5-16(23)8-14)18-12-30-22(26-18)15-6-7-20(29-2)25-10-15/h3-10,12H,11H2,1-2H3,(H2,24,28). The molecule has 4 rings (SSSR count). The lowest BCUT2D eigenvalue weighted by Crippen LogP contribution is -2.12. The van der Waals surface area contributed by atoms with E-state index in [1.807, 2.05) is 29.0 Å². The molecule has 4 aromatic rings. The maximum atomic E-state index is 13.7. The van der Waals surface area contributed by atoms with Gasteiger partial charge in [-0.25, -0.2) is 14.4 Å². The van der Waals surface area contributed by atoms with Gasteiger partial charge in [-0.15, -0.1) is 11.3 Å². The van der Waals surface area contributed by atoms with E-state index in [-0.39, 0.29) is 5.82 Å². The van der Waals surface area contributed by atoms with Crippen LogP contribution in [0.1, 0.15) is 21.6 Å². The number of halogens is 1. The summed E-state index contributed by atoms with van der Waals surface area (Å²) < 4.78 is 20.7. The molecule has 0 radical (unpaired) electrons. The summed E-state index contributed by atoms with van der Waals surface area (Å²) in [6, 6.07) is 11.8. The smallest absolute Gasteiger partial charge is 0.250 e. The molecule has 0 fully saturated rings. The van der Waals surface area contributed by atoms with E-state index in [4.69, 9.17) is 15.5 Å². The van der Waals surface area contributed by atoms with E-state index in [0.29, 0.717) is 29.4 Å². The van der Waals surface area contributed by atoms with E-state index in [2.05, 4.69) is 4.98 Å². The molecular weight excluding hydrogens is 403 g/mol. The lowest BCUT2D eigenvalue weighted by Gasteiger charge is -2.11. The van der Waals surface area contributed by atoms with Gasteiger partial charge >= 0.3 is 0 Å². The molecule has 0 spiro atoms. The van der Waals surface area contributed by atoms with Crippen molar-refractivity contribution in [3.63, 3.8) is 0 Å². The minimum absolute atomic E-state index is 0.308. The van der Waals surface area contributed by atoms with Crippen LogP contribution in [0.4, 0.5) is 4.39 Å². The van der Waals surface area contributed by atoms with Crippen LogP contribution in [0.2, 0.25) is 0 Å². The summed E-state index contributed by atoms with van der Waals surface area (Å²) in [7, 11) is 1.56. The van der Waals surface area contributed by atoms with Crippen molar-refractivity contribution in [2.24, 2.45) is 5.73 Å². The van der Waals surface area contributed by atoms with E-state index < -0.39 is 5.91 Å². The van der Waals surface area contributed by atoms with E-state index in [1.165, 1.54) is 23.5 Å². The highest BCUT2D eigenvalue weighted by atomic mass is 32.1. The van der Waals surface area contributed by atoms with Crippen molar-refractivity contribution in [3.8, 4) is 27.8 Å². The maximum Gasteiger partial charge on any atom is 0.250 e. The lowest BCUT2D eigenvalue weighted by atomic mass is 10.2. The molecule has 1 aromatic carbocycles. The zero-order chi connectivity index (χ0) is 21.3. The third-order valence-electron chi connectivity index (χ3n) is 4.82. The van der Waals surface area contributed by atoms with Crippen molar-refractivity contribution in [2.75, 3.05) is 7.11 Å². The molecule has 3 heterocycles. The van der Waals surface area contributed by atoms with Crippen molar-refractivity contribution < 1.29 is 13.9 Å². The molecule has 1 amide bonds. The van der Waals surface area contributed by atoms with E-state index in [1.54, 1.807) is 31.5 Å². The fourth-order valence-electron chi connectivity index (χ4n) is 3.28. The number of aromatic nitrogens is 3. The number of methoxy groups -OCH3 is 1. The Morgan fingerprint density at radius 2 is 2.10 bits per heavy atom. The summed E-state index contributed by atoms with van der Waals surface area (Å²) >= 11 is 1.47. The van der Waals surface area contributed by atoms with Gasteiger partial charge in [0.15, 0.2) is 0 Å². The first-order chi connectivity index (χ1) is 14.5. The number of nitrogens with two attached hydrogens (primary N) is 1. The number of rotatable bonds is 6. The molecule has 0 saturated carbocycles. The highest BCUT2D eigenvalue weighted by molar-refractivity contribution is 7.13. The quantitative estimate of drug-likeness (QED) is 0.503. The monoisotopic (exact) mass is 422 g/mol. The number of hydrogen-bond acceptors (Lipinski definition) is 5. The summed E-state index contributed by atoms with van der Waals surface area (Å²) in [5.74, 6) is -0.292. The Labute approximate surface area is 176 Å². The van der Waals surface area contributed by atoms with Crippen LogP contribution in [0.3, 0.4) is 0 Å². The fraction of sp³-hybridized carbons (Fsp3) is 0.136. The Morgan fingerprint density at radius 1 is 1.27 bits per heavy atom. The number of amides is 1. The van der Waals surface area contributed by atoms with E-state index >= 15 is 0 Å². The average molecular weight is 422 g/mol. The molecule has 0 aliphatic rings. The fourth-order valence-corrected chi connectivity index (χ4v) is 4.08. The van der Waals surface area contributed by atoms with Gasteiger partial charge in [0, 0.05) is 35.4 Å². The van der Waals surface area contributed by atoms with Gasteiger partial charge < -0.3 is 15.0 Å². The molecule has 0 atom stereocenters. The largest absolute Gasteiger partial charge is 0.481 e. The van der Waals surface area contributed by atoms with Crippen LogP contribution in [0.25, 0.3) is 22.0 Å². The Morgan fingerprint density at radius 3 is 2.77 bits per heavy atom. The molecule has 0 unspecified atom stereocenters. The van der Waals surface area contributed by atoms with E-state index in [9.17, 15) is 9.18 Å². The number of carbonyl (C=O) groups is 1. The van der Waals surface area contributed by atoms with Gasteiger partial charge in [-0.1, -0.05) is 12.1 Å². The molecule has 152 valence electrons. The van der Waals surface area contributed by atoms with Crippen molar-refractivity contribution >= 4 is 17.2 Å². The minimum Gasteiger partial charge on any atom is -0.481 e. The Bertz CT molecular complexity index is 1210. The highest BCUT2D eigenvalue weighted by Crippen LogP contribution is 2.32. The Hall–Kier alpha value is -3.52. The zero-order valence-corrected chi connectivity index (χ0v) is 17.2. The molecule has 6 nitrogen and oxygen atoms in total. The second-order valence-electron chi connectivity index (χ2n) is 6.74. The van der Waals surface area contributed by atoms with E-state index in [0.717, 1.165) is 21.8 Å². The van der Waals surface area contributed by atoms with Crippen LogP contribution in [-0.2, 0) is 6.54 Å². The second-order valence-corrected chi connectivity index (χ2v) is 7.59. The SMILES string of the molecule is COc1ccc(-c2nc(-c3cc(C(N)=O)c(C)n3Cc3cccc(F)c3)cs2)cn1. The summed E-state index contributed by atoms with van der Waals surface area (Å²) in [4.78, 5) is 20.9. The number of hydrogen-bond donors (Lipinski definition) is 1. The van der Waals surface area contributed by atoms with Crippen molar-refractivity contribution in [1.29, 1.82) is 0 Å². The number of carbonyl (C=O) groups excluding carboxylic acids is 1. The summed E-state index contributed by atoms with van der Waals surface area (Å²) in [5.41, 5.74) is 9.79. The molecular formula is C22H19FN4O2S. The Balaban J connectivity index is 1.75. The first-order valence-corrected chi connectivity index (χ1v) is 10.0. The van der Waals surface area contributed by atoms with Crippen LogP contribution in [0, 0.1) is 12.7 Å². The first kappa shape index (κ1) is 19.8. The normalized spacial score (nSPS) is 10.9. The molecule has 0 aliphatic heterocycles. The number of nitrogens with zero attached hydrogens (tertiary/aromatic N) is 3. The van der Waals surface area contributed by atoms with Gasteiger partial charge in [0.2, 0.25) is 5.88 Å². The van der Waals surface area contributed by atoms with Crippen LogP contribution < -0.4 is 10.5 Å². The third kappa shape index (κ3) is 3.81. The molecule has 0 aliphatic carbocycles. The van der Waals surface area contributed by atoms with Crippen LogP contribution >= 0.6 is 11.3 Å². The summed E-state index contributed by atoms with van der Waals surface area (Å²) in [6.45, 7) is 2.22. The number of ether oxygens (including phenoxy) is 1. The van der Waals surface area contributed by atoms with Crippen LogP contribution in [0.15, 0.2) is 54.0 Å². The molecule has 0 bridgehead atoms. The Kier molecular flexibility index (Phi) is 5.33.